The summed E-state index contributed by atoms with van der Waals surface area (Å²) in [4.78, 5) is 2.30. The van der Waals surface area contributed by atoms with E-state index in [9.17, 15) is 0 Å². The predicted molar refractivity (Wildman–Crippen MR) is 60.5 cm³/mol. The van der Waals surface area contributed by atoms with Gasteiger partial charge in [-0.05, 0) is 37.1 Å². The highest BCUT2D eigenvalue weighted by Crippen LogP contribution is 2.23. The van der Waals surface area contributed by atoms with Gasteiger partial charge in [-0.3, -0.25) is 0 Å². The van der Waals surface area contributed by atoms with Gasteiger partial charge in [0.25, 0.3) is 0 Å². The Morgan fingerprint density at radius 3 is 3.07 bits per heavy atom. The lowest BCUT2D eigenvalue weighted by Gasteiger charge is -2.18. The Bertz CT molecular complexity index is 381. The first-order chi connectivity index (χ1) is 7.33. The summed E-state index contributed by atoms with van der Waals surface area (Å²) in [5, 5.41) is 8.81. The molecular formula is C12H15N3. The van der Waals surface area contributed by atoms with Crippen LogP contribution in [0.3, 0.4) is 0 Å². The van der Waals surface area contributed by atoms with Gasteiger partial charge in [0.2, 0.25) is 0 Å². The van der Waals surface area contributed by atoms with Crippen molar-refractivity contribution in [2.24, 2.45) is 11.7 Å². The molecule has 0 spiro atoms. The van der Waals surface area contributed by atoms with Crippen molar-refractivity contribution < 1.29 is 0 Å². The van der Waals surface area contributed by atoms with Crippen LogP contribution >= 0.6 is 0 Å². The Hall–Kier alpha value is -1.53. The second kappa shape index (κ2) is 4.33. The van der Waals surface area contributed by atoms with Crippen LogP contribution in [0.2, 0.25) is 0 Å². The summed E-state index contributed by atoms with van der Waals surface area (Å²) < 4.78 is 0. The zero-order valence-electron chi connectivity index (χ0n) is 8.69. The fraction of sp³-hybridized carbons (Fsp3) is 0.417. The first-order valence-corrected chi connectivity index (χ1v) is 5.28. The van der Waals surface area contributed by atoms with Crippen LogP contribution in [0, 0.1) is 17.2 Å². The molecule has 1 aliphatic heterocycles. The van der Waals surface area contributed by atoms with Gasteiger partial charge in [-0.25, -0.2) is 0 Å². The lowest BCUT2D eigenvalue weighted by Crippen LogP contribution is -2.22. The van der Waals surface area contributed by atoms with Crippen molar-refractivity contribution in [3.8, 4) is 6.07 Å². The van der Waals surface area contributed by atoms with E-state index in [0.717, 1.165) is 37.3 Å². The maximum Gasteiger partial charge on any atom is 0.0992 e. The fourth-order valence-electron chi connectivity index (χ4n) is 2.03. The van der Waals surface area contributed by atoms with Crippen LogP contribution in [0.25, 0.3) is 0 Å². The largest absolute Gasteiger partial charge is 0.371 e. The molecule has 0 aromatic heterocycles. The van der Waals surface area contributed by atoms with E-state index in [4.69, 9.17) is 11.0 Å². The summed E-state index contributed by atoms with van der Waals surface area (Å²) in [6.07, 6.45) is 1.16. The normalized spacial score (nSPS) is 20.3. The highest BCUT2D eigenvalue weighted by molar-refractivity contribution is 5.52. The van der Waals surface area contributed by atoms with Crippen molar-refractivity contribution in [2.45, 2.75) is 6.42 Å². The lowest BCUT2D eigenvalue weighted by molar-refractivity contribution is 0.602. The van der Waals surface area contributed by atoms with E-state index in [1.807, 2.05) is 18.2 Å². The average molecular weight is 201 g/mol. The number of hydrogen-bond donors (Lipinski definition) is 1. The van der Waals surface area contributed by atoms with Gasteiger partial charge in [-0.2, -0.15) is 5.26 Å². The molecule has 2 N–H and O–H groups in total. The van der Waals surface area contributed by atoms with E-state index in [2.05, 4.69) is 17.0 Å². The number of nitrogens with zero attached hydrogens (tertiary/aromatic N) is 2. The minimum atomic E-state index is 0.607. The molecule has 15 heavy (non-hydrogen) atoms. The van der Waals surface area contributed by atoms with Gasteiger partial charge in [-0.1, -0.05) is 6.07 Å². The number of benzene rings is 1. The average Bonchev–Trinajstić information content (AvgIpc) is 2.78. The van der Waals surface area contributed by atoms with Gasteiger partial charge in [0.1, 0.15) is 0 Å². The van der Waals surface area contributed by atoms with Crippen LogP contribution in [-0.2, 0) is 0 Å². The third kappa shape index (κ3) is 2.11. The van der Waals surface area contributed by atoms with Crippen LogP contribution in [-0.4, -0.2) is 19.6 Å². The van der Waals surface area contributed by atoms with E-state index in [1.54, 1.807) is 0 Å². The molecule has 3 nitrogen and oxygen atoms in total. The Balaban J connectivity index is 2.14. The van der Waals surface area contributed by atoms with Crippen LogP contribution in [0.5, 0.6) is 0 Å². The summed E-state index contributed by atoms with van der Waals surface area (Å²) in [6.45, 7) is 2.83. The summed E-state index contributed by atoms with van der Waals surface area (Å²) in [5.74, 6) is 0.607. The summed E-state index contributed by atoms with van der Waals surface area (Å²) in [5.41, 5.74) is 7.52. The van der Waals surface area contributed by atoms with Crippen LogP contribution in [0.1, 0.15) is 12.0 Å². The van der Waals surface area contributed by atoms with Gasteiger partial charge in [-0.15, -0.1) is 0 Å². The molecule has 2 rings (SSSR count). The summed E-state index contributed by atoms with van der Waals surface area (Å²) in [7, 11) is 0. The van der Waals surface area contributed by atoms with E-state index >= 15 is 0 Å². The second-order valence-corrected chi connectivity index (χ2v) is 4.00. The lowest BCUT2D eigenvalue weighted by atomic mass is 10.1. The van der Waals surface area contributed by atoms with Crippen molar-refractivity contribution in [3.63, 3.8) is 0 Å². The van der Waals surface area contributed by atoms with Gasteiger partial charge >= 0.3 is 0 Å². The molecule has 1 atom stereocenters. The van der Waals surface area contributed by atoms with Gasteiger partial charge in [0.05, 0.1) is 11.6 Å². The first kappa shape index (κ1) is 10.0. The van der Waals surface area contributed by atoms with E-state index in [-0.39, 0.29) is 0 Å². The van der Waals surface area contributed by atoms with Crippen LogP contribution in [0.4, 0.5) is 5.69 Å². The molecular weight excluding hydrogens is 186 g/mol. The second-order valence-electron chi connectivity index (χ2n) is 4.00. The third-order valence-electron chi connectivity index (χ3n) is 2.96. The predicted octanol–water partition coefficient (Wildman–Crippen LogP) is 1.34. The minimum Gasteiger partial charge on any atom is -0.371 e. The standard InChI is InChI=1S/C12H15N3/c13-7-10-2-1-3-12(6-10)15-5-4-11(8-14)9-15/h1-3,6,11H,4-5,8-9,14H2/t11-/m0/s1. The quantitative estimate of drug-likeness (QED) is 0.785. The zero-order chi connectivity index (χ0) is 10.7. The molecule has 0 unspecified atom stereocenters. The SMILES string of the molecule is N#Cc1cccc(N2CC[C@@H](CN)C2)c1. The minimum absolute atomic E-state index is 0.607. The van der Waals surface area contributed by atoms with Crippen molar-refractivity contribution in [2.75, 3.05) is 24.5 Å². The molecule has 1 aromatic carbocycles. The monoisotopic (exact) mass is 201 g/mol. The van der Waals surface area contributed by atoms with Crippen LogP contribution < -0.4 is 10.6 Å². The molecule has 0 amide bonds. The summed E-state index contributed by atoms with van der Waals surface area (Å²) >= 11 is 0. The molecule has 0 aliphatic carbocycles. The Labute approximate surface area is 90.1 Å². The van der Waals surface area contributed by atoms with Crippen molar-refractivity contribution in [1.82, 2.24) is 0 Å². The van der Waals surface area contributed by atoms with Gasteiger partial charge in [0, 0.05) is 18.8 Å². The fourth-order valence-corrected chi connectivity index (χ4v) is 2.03. The van der Waals surface area contributed by atoms with Gasteiger partial charge in [0.15, 0.2) is 0 Å². The van der Waals surface area contributed by atoms with Gasteiger partial charge < -0.3 is 10.6 Å². The first-order valence-electron chi connectivity index (χ1n) is 5.28. The zero-order valence-corrected chi connectivity index (χ0v) is 8.69. The van der Waals surface area contributed by atoms with Crippen LogP contribution in [0.15, 0.2) is 24.3 Å². The number of hydrogen-bond acceptors (Lipinski definition) is 3. The Morgan fingerprint density at radius 1 is 1.53 bits per heavy atom. The maximum absolute atomic E-state index is 8.81. The molecule has 1 aliphatic rings. The molecule has 1 fully saturated rings. The van der Waals surface area contributed by atoms with Crippen molar-refractivity contribution in [1.29, 1.82) is 5.26 Å². The number of nitriles is 1. The molecule has 1 heterocycles. The van der Waals surface area contributed by atoms with Crippen molar-refractivity contribution >= 4 is 5.69 Å². The van der Waals surface area contributed by atoms with Crippen molar-refractivity contribution in [3.05, 3.63) is 29.8 Å². The topological polar surface area (TPSA) is 53.0 Å². The number of anilines is 1. The smallest absolute Gasteiger partial charge is 0.0992 e. The molecule has 1 saturated heterocycles. The molecule has 0 radical (unpaired) electrons. The molecule has 0 saturated carbocycles. The highest BCUT2D eigenvalue weighted by Gasteiger charge is 2.21. The number of rotatable bonds is 2. The Morgan fingerprint density at radius 2 is 2.40 bits per heavy atom. The highest BCUT2D eigenvalue weighted by atomic mass is 15.2. The number of nitrogens with two attached hydrogens (primary N) is 1. The van der Waals surface area contributed by atoms with E-state index in [1.165, 1.54) is 0 Å². The molecule has 0 bridgehead atoms. The van der Waals surface area contributed by atoms with E-state index in [0.29, 0.717) is 5.92 Å². The molecule has 3 heteroatoms. The molecule has 78 valence electrons. The Kier molecular flexibility index (Phi) is 2.89. The third-order valence-corrected chi connectivity index (χ3v) is 2.96. The summed E-state index contributed by atoms with van der Waals surface area (Å²) in [6, 6.07) is 9.93. The van der Waals surface area contributed by atoms with E-state index < -0.39 is 0 Å². The maximum atomic E-state index is 8.81. The molecule has 1 aromatic rings.